The van der Waals surface area contributed by atoms with Gasteiger partial charge in [0.25, 0.3) is 0 Å². The Morgan fingerprint density at radius 3 is 2.73 bits per heavy atom. The average molecular weight is 224 g/mol. The Bertz CT molecular complexity index is 326. The minimum atomic E-state index is 0.572. The number of aromatic nitrogens is 1. The predicted molar refractivity (Wildman–Crippen MR) is 65.6 cm³/mol. The van der Waals surface area contributed by atoms with Crippen LogP contribution in [0.4, 0.5) is 0 Å². The van der Waals surface area contributed by atoms with Crippen LogP contribution in [0.1, 0.15) is 61.0 Å². The molecule has 1 aliphatic rings. The summed E-state index contributed by atoms with van der Waals surface area (Å²) in [6.07, 6.45) is 2.70. The van der Waals surface area contributed by atoms with E-state index in [-0.39, 0.29) is 0 Å². The molecule has 0 bridgehead atoms. The first kappa shape index (κ1) is 11.1. The van der Waals surface area contributed by atoms with E-state index in [0.717, 1.165) is 19.0 Å². The van der Waals surface area contributed by atoms with Crippen molar-refractivity contribution in [3.63, 3.8) is 0 Å². The lowest BCUT2D eigenvalue weighted by Crippen LogP contribution is -2.11. The number of nitrogens with one attached hydrogen (secondary N) is 1. The molecule has 0 aliphatic heterocycles. The highest BCUT2D eigenvalue weighted by atomic mass is 32.1. The third-order valence-electron chi connectivity index (χ3n) is 2.74. The SMILES string of the molecule is CCNCc1sc(C(C)C)nc1C1CC1. The Morgan fingerprint density at radius 1 is 1.47 bits per heavy atom. The van der Waals surface area contributed by atoms with Gasteiger partial charge in [0.05, 0.1) is 10.7 Å². The van der Waals surface area contributed by atoms with Gasteiger partial charge in [0.1, 0.15) is 0 Å². The van der Waals surface area contributed by atoms with Gasteiger partial charge in [0.15, 0.2) is 0 Å². The zero-order chi connectivity index (χ0) is 10.8. The molecule has 1 N–H and O–H groups in total. The van der Waals surface area contributed by atoms with Crippen molar-refractivity contribution < 1.29 is 0 Å². The Labute approximate surface area is 96.1 Å². The molecule has 1 aromatic rings. The van der Waals surface area contributed by atoms with E-state index in [0.29, 0.717) is 5.92 Å². The molecule has 0 radical (unpaired) electrons. The van der Waals surface area contributed by atoms with Crippen molar-refractivity contribution in [2.75, 3.05) is 6.54 Å². The molecule has 0 unspecified atom stereocenters. The molecule has 1 aliphatic carbocycles. The van der Waals surface area contributed by atoms with E-state index in [4.69, 9.17) is 4.98 Å². The van der Waals surface area contributed by atoms with Gasteiger partial charge in [-0.2, -0.15) is 0 Å². The second kappa shape index (κ2) is 4.62. The zero-order valence-corrected chi connectivity index (χ0v) is 10.7. The van der Waals surface area contributed by atoms with Crippen LogP contribution in [0.3, 0.4) is 0 Å². The third kappa shape index (κ3) is 2.58. The van der Waals surface area contributed by atoms with E-state index in [1.807, 2.05) is 11.3 Å². The molecule has 0 aromatic carbocycles. The lowest BCUT2D eigenvalue weighted by molar-refractivity contribution is 0.726. The van der Waals surface area contributed by atoms with Gasteiger partial charge in [0.2, 0.25) is 0 Å². The minimum absolute atomic E-state index is 0.572. The molecule has 0 atom stereocenters. The fourth-order valence-corrected chi connectivity index (χ4v) is 2.79. The van der Waals surface area contributed by atoms with Crippen LogP contribution in [0.15, 0.2) is 0 Å². The Balaban J connectivity index is 2.17. The maximum Gasteiger partial charge on any atom is 0.0957 e. The van der Waals surface area contributed by atoms with Gasteiger partial charge in [0, 0.05) is 23.3 Å². The number of nitrogens with zero attached hydrogens (tertiary/aromatic N) is 1. The summed E-state index contributed by atoms with van der Waals surface area (Å²) in [7, 11) is 0. The average Bonchev–Trinajstić information content (AvgIpc) is 2.95. The van der Waals surface area contributed by atoms with E-state index in [9.17, 15) is 0 Å². The maximum absolute atomic E-state index is 4.80. The summed E-state index contributed by atoms with van der Waals surface area (Å²) in [5, 5.41) is 4.72. The van der Waals surface area contributed by atoms with Crippen LogP contribution in [0.25, 0.3) is 0 Å². The minimum Gasteiger partial charge on any atom is -0.312 e. The molecule has 2 rings (SSSR count). The van der Waals surface area contributed by atoms with E-state index in [1.54, 1.807) is 0 Å². The van der Waals surface area contributed by atoms with Crippen LogP contribution in [-0.4, -0.2) is 11.5 Å². The molecule has 3 heteroatoms. The summed E-state index contributed by atoms with van der Waals surface area (Å²) < 4.78 is 0. The first-order chi connectivity index (χ1) is 7.22. The summed E-state index contributed by atoms with van der Waals surface area (Å²) in [6, 6.07) is 0. The van der Waals surface area contributed by atoms with Crippen LogP contribution in [0.2, 0.25) is 0 Å². The number of hydrogen-bond acceptors (Lipinski definition) is 3. The second-order valence-electron chi connectivity index (χ2n) is 4.57. The smallest absolute Gasteiger partial charge is 0.0957 e. The molecule has 0 saturated heterocycles. The van der Waals surface area contributed by atoms with Gasteiger partial charge >= 0.3 is 0 Å². The Kier molecular flexibility index (Phi) is 3.42. The van der Waals surface area contributed by atoms with Gasteiger partial charge in [-0.15, -0.1) is 11.3 Å². The predicted octanol–water partition coefficient (Wildman–Crippen LogP) is 3.25. The highest BCUT2D eigenvalue weighted by molar-refractivity contribution is 7.11. The summed E-state index contributed by atoms with van der Waals surface area (Å²) in [4.78, 5) is 6.28. The topological polar surface area (TPSA) is 24.9 Å². The molecule has 84 valence electrons. The van der Waals surface area contributed by atoms with Gasteiger partial charge in [-0.3, -0.25) is 0 Å². The van der Waals surface area contributed by atoms with Gasteiger partial charge < -0.3 is 5.32 Å². The summed E-state index contributed by atoms with van der Waals surface area (Å²) in [5.41, 5.74) is 1.39. The van der Waals surface area contributed by atoms with Crippen LogP contribution in [0, 0.1) is 0 Å². The van der Waals surface area contributed by atoms with Crippen LogP contribution >= 0.6 is 11.3 Å². The van der Waals surface area contributed by atoms with E-state index >= 15 is 0 Å². The fourth-order valence-electron chi connectivity index (χ4n) is 1.67. The van der Waals surface area contributed by atoms with E-state index < -0.39 is 0 Å². The highest BCUT2D eigenvalue weighted by Gasteiger charge is 2.29. The lowest BCUT2D eigenvalue weighted by atomic mass is 10.2. The first-order valence-electron chi connectivity index (χ1n) is 5.92. The van der Waals surface area contributed by atoms with E-state index in [2.05, 4.69) is 26.1 Å². The standard InChI is InChI=1S/C12H20N2S/c1-4-13-7-10-11(9-5-6-9)14-12(15-10)8(2)3/h8-9,13H,4-7H2,1-3H3. The molecule has 2 nitrogen and oxygen atoms in total. The molecule has 0 spiro atoms. The first-order valence-corrected chi connectivity index (χ1v) is 6.74. The molecule has 1 saturated carbocycles. The fraction of sp³-hybridized carbons (Fsp3) is 0.750. The van der Waals surface area contributed by atoms with Crippen molar-refractivity contribution in [1.29, 1.82) is 0 Å². The molecule has 1 aromatic heterocycles. The third-order valence-corrected chi connectivity index (χ3v) is 4.11. The monoisotopic (exact) mass is 224 g/mol. The molecule has 0 amide bonds. The second-order valence-corrected chi connectivity index (χ2v) is 5.69. The molecular formula is C12H20N2S. The largest absolute Gasteiger partial charge is 0.312 e. The van der Waals surface area contributed by atoms with Crippen LogP contribution < -0.4 is 5.32 Å². The molecular weight excluding hydrogens is 204 g/mol. The number of hydrogen-bond donors (Lipinski definition) is 1. The lowest BCUT2D eigenvalue weighted by Gasteiger charge is -2.00. The summed E-state index contributed by atoms with van der Waals surface area (Å²) >= 11 is 1.90. The maximum atomic E-state index is 4.80. The molecule has 1 fully saturated rings. The van der Waals surface area contributed by atoms with Gasteiger partial charge in [-0.25, -0.2) is 4.98 Å². The van der Waals surface area contributed by atoms with Crippen LogP contribution in [-0.2, 0) is 6.54 Å². The van der Waals surface area contributed by atoms with Gasteiger partial charge in [-0.1, -0.05) is 20.8 Å². The normalized spacial score (nSPS) is 16.3. The number of thiazole rings is 1. The van der Waals surface area contributed by atoms with Crippen molar-refractivity contribution in [3.05, 3.63) is 15.6 Å². The molecule has 1 heterocycles. The van der Waals surface area contributed by atoms with Crippen molar-refractivity contribution in [1.82, 2.24) is 10.3 Å². The Hall–Kier alpha value is -0.410. The van der Waals surface area contributed by atoms with Crippen molar-refractivity contribution in [2.45, 2.75) is 52.0 Å². The summed E-state index contributed by atoms with van der Waals surface area (Å²) in [6.45, 7) is 8.66. The van der Waals surface area contributed by atoms with Crippen molar-refractivity contribution >= 4 is 11.3 Å². The van der Waals surface area contributed by atoms with Gasteiger partial charge in [-0.05, 0) is 19.4 Å². The van der Waals surface area contributed by atoms with Crippen molar-refractivity contribution in [2.24, 2.45) is 0 Å². The highest BCUT2D eigenvalue weighted by Crippen LogP contribution is 2.43. The quantitative estimate of drug-likeness (QED) is 0.830. The molecule has 15 heavy (non-hydrogen) atoms. The Morgan fingerprint density at radius 2 is 2.20 bits per heavy atom. The number of rotatable bonds is 5. The van der Waals surface area contributed by atoms with E-state index in [1.165, 1.54) is 28.4 Å². The van der Waals surface area contributed by atoms with Crippen LogP contribution in [0.5, 0.6) is 0 Å². The zero-order valence-electron chi connectivity index (χ0n) is 9.84. The summed E-state index contributed by atoms with van der Waals surface area (Å²) in [5.74, 6) is 1.35. The van der Waals surface area contributed by atoms with Crippen molar-refractivity contribution in [3.8, 4) is 0 Å².